The molecule has 1 fully saturated rings. The third kappa shape index (κ3) is 2.56. The Morgan fingerprint density at radius 3 is 2.22 bits per heavy atom. The zero-order valence-electron chi connectivity index (χ0n) is 12.4. The molecule has 0 bridgehead atoms. The van der Waals surface area contributed by atoms with Gasteiger partial charge in [0.25, 0.3) is 0 Å². The van der Waals surface area contributed by atoms with Gasteiger partial charge in [0, 0.05) is 14.2 Å². The number of rotatable bonds is 5. The van der Waals surface area contributed by atoms with Gasteiger partial charge in [-0.05, 0) is 18.3 Å². The molecule has 4 atom stereocenters. The summed E-state index contributed by atoms with van der Waals surface area (Å²) in [5, 5.41) is 0. The van der Waals surface area contributed by atoms with Crippen LogP contribution in [-0.2, 0) is 14.2 Å². The van der Waals surface area contributed by atoms with Gasteiger partial charge in [-0.1, -0.05) is 33.6 Å². The molecule has 18 heavy (non-hydrogen) atoms. The summed E-state index contributed by atoms with van der Waals surface area (Å²) < 4.78 is 17.4. The van der Waals surface area contributed by atoms with Crippen molar-refractivity contribution in [3.8, 4) is 12.3 Å². The van der Waals surface area contributed by atoms with Crippen LogP contribution in [0.5, 0.6) is 0 Å². The molecule has 3 heteroatoms. The lowest BCUT2D eigenvalue weighted by Gasteiger charge is -2.33. The molecule has 3 nitrogen and oxygen atoms in total. The lowest BCUT2D eigenvalue weighted by Crippen LogP contribution is -2.51. The van der Waals surface area contributed by atoms with Gasteiger partial charge in [-0.2, -0.15) is 0 Å². The van der Waals surface area contributed by atoms with Crippen molar-refractivity contribution in [3.63, 3.8) is 0 Å². The maximum atomic E-state index is 6.14. The Kier molecular flexibility index (Phi) is 5.21. The summed E-state index contributed by atoms with van der Waals surface area (Å²) in [6.07, 6.45) is 6.33. The highest BCUT2D eigenvalue weighted by Crippen LogP contribution is 2.41. The van der Waals surface area contributed by atoms with Crippen molar-refractivity contribution < 1.29 is 14.2 Å². The fourth-order valence-electron chi connectivity index (χ4n) is 2.88. The topological polar surface area (TPSA) is 27.7 Å². The van der Waals surface area contributed by atoms with Gasteiger partial charge in [0.15, 0.2) is 5.60 Å². The smallest absolute Gasteiger partial charge is 0.182 e. The third-order valence-corrected chi connectivity index (χ3v) is 3.63. The number of ether oxygens (including phenoxy) is 3. The first-order valence-corrected chi connectivity index (χ1v) is 6.64. The molecule has 1 saturated heterocycles. The quantitative estimate of drug-likeness (QED) is 0.706. The predicted molar refractivity (Wildman–Crippen MR) is 72.3 cm³/mol. The summed E-state index contributed by atoms with van der Waals surface area (Å²) in [5.41, 5.74) is -0.775. The highest BCUT2D eigenvalue weighted by Gasteiger charge is 2.57. The zero-order valence-corrected chi connectivity index (χ0v) is 12.4. The summed E-state index contributed by atoms with van der Waals surface area (Å²) in [6, 6.07) is 0. The molecule has 1 heterocycles. The van der Waals surface area contributed by atoms with Crippen molar-refractivity contribution >= 4 is 0 Å². The largest absolute Gasteiger partial charge is 0.375 e. The fraction of sp³-hybridized carbons (Fsp3) is 0.867. The molecule has 0 aromatic rings. The number of methoxy groups -OCH3 is 2. The van der Waals surface area contributed by atoms with Crippen LogP contribution < -0.4 is 0 Å². The molecule has 0 N–H and O–H groups in total. The van der Waals surface area contributed by atoms with Crippen molar-refractivity contribution in [1.29, 1.82) is 0 Å². The van der Waals surface area contributed by atoms with E-state index in [2.05, 4.69) is 33.6 Å². The molecular formula is C15H26O3. The summed E-state index contributed by atoms with van der Waals surface area (Å²) in [6.45, 7) is 8.53. The standard InChI is InChI=1S/C15H26O3/c1-8-15(17-7)13(11(4)5)18-12(9-10(2)3)14(15)16-6/h1,10-14H,9H2,2-7H3/t12-,13+,14-,15+/m1/s1. The van der Waals surface area contributed by atoms with E-state index in [0.29, 0.717) is 5.92 Å². The molecule has 104 valence electrons. The van der Waals surface area contributed by atoms with E-state index in [1.165, 1.54) is 0 Å². The van der Waals surface area contributed by atoms with E-state index >= 15 is 0 Å². The van der Waals surface area contributed by atoms with Gasteiger partial charge >= 0.3 is 0 Å². The number of terminal acetylenes is 1. The molecule has 1 aliphatic heterocycles. The third-order valence-electron chi connectivity index (χ3n) is 3.63. The molecule has 0 aromatic carbocycles. The van der Waals surface area contributed by atoms with Crippen LogP contribution in [0.4, 0.5) is 0 Å². The maximum Gasteiger partial charge on any atom is 0.182 e. The zero-order chi connectivity index (χ0) is 13.9. The molecule has 0 aliphatic carbocycles. The monoisotopic (exact) mass is 254 g/mol. The van der Waals surface area contributed by atoms with Gasteiger partial charge in [-0.25, -0.2) is 0 Å². The van der Waals surface area contributed by atoms with Gasteiger partial charge in [-0.15, -0.1) is 6.42 Å². The molecule has 0 saturated carbocycles. The van der Waals surface area contributed by atoms with E-state index in [1.807, 2.05) is 0 Å². The van der Waals surface area contributed by atoms with Crippen LogP contribution in [0.1, 0.15) is 34.1 Å². The van der Waals surface area contributed by atoms with Crippen LogP contribution in [0.2, 0.25) is 0 Å². The lowest BCUT2D eigenvalue weighted by molar-refractivity contribution is -0.0866. The van der Waals surface area contributed by atoms with Gasteiger partial charge in [0.1, 0.15) is 12.2 Å². The van der Waals surface area contributed by atoms with E-state index in [9.17, 15) is 0 Å². The van der Waals surface area contributed by atoms with Crippen molar-refractivity contribution in [2.24, 2.45) is 11.8 Å². The molecule has 0 unspecified atom stereocenters. The first-order chi connectivity index (χ1) is 8.42. The van der Waals surface area contributed by atoms with Crippen LogP contribution in [0.15, 0.2) is 0 Å². The van der Waals surface area contributed by atoms with Crippen LogP contribution >= 0.6 is 0 Å². The number of hydrogen-bond donors (Lipinski definition) is 0. The van der Waals surface area contributed by atoms with Gasteiger partial charge in [0.05, 0.1) is 6.10 Å². The second-order valence-electron chi connectivity index (χ2n) is 5.77. The second kappa shape index (κ2) is 6.06. The summed E-state index contributed by atoms with van der Waals surface area (Å²) >= 11 is 0. The van der Waals surface area contributed by atoms with E-state index in [4.69, 9.17) is 20.6 Å². The molecular weight excluding hydrogens is 228 g/mol. The van der Waals surface area contributed by atoms with Crippen molar-refractivity contribution in [2.45, 2.75) is 58.0 Å². The van der Waals surface area contributed by atoms with E-state index in [0.717, 1.165) is 6.42 Å². The van der Waals surface area contributed by atoms with E-state index in [1.54, 1.807) is 14.2 Å². The molecule has 0 amide bonds. The molecule has 0 aromatic heterocycles. The average Bonchev–Trinajstić information content (AvgIpc) is 2.62. The van der Waals surface area contributed by atoms with E-state index in [-0.39, 0.29) is 24.2 Å². The Morgan fingerprint density at radius 2 is 1.89 bits per heavy atom. The van der Waals surface area contributed by atoms with E-state index < -0.39 is 5.60 Å². The summed E-state index contributed by atoms with van der Waals surface area (Å²) in [4.78, 5) is 0. The highest BCUT2D eigenvalue weighted by atomic mass is 16.6. The molecule has 0 spiro atoms. The van der Waals surface area contributed by atoms with Gasteiger partial charge in [-0.3, -0.25) is 0 Å². The Balaban J connectivity index is 3.07. The molecule has 0 radical (unpaired) electrons. The van der Waals surface area contributed by atoms with Crippen molar-refractivity contribution in [3.05, 3.63) is 0 Å². The Bertz CT molecular complexity index is 305. The van der Waals surface area contributed by atoms with Crippen LogP contribution in [-0.4, -0.2) is 38.1 Å². The Morgan fingerprint density at radius 1 is 1.28 bits per heavy atom. The summed E-state index contributed by atoms with van der Waals surface area (Å²) in [7, 11) is 3.32. The minimum absolute atomic E-state index is 0.00148. The Labute approximate surface area is 111 Å². The van der Waals surface area contributed by atoms with Crippen LogP contribution in [0.25, 0.3) is 0 Å². The predicted octanol–water partition coefficient (Wildman–Crippen LogP) is 2.49. The fourth-order valence-corrected chi connectivity index (χ4v) is 2.88. The van der Waals surface area contributed by atoms with Crippen molar-refractivity contribution in [2.75, 3.05) is 14.2 Å². The highest BCUT2D eigenvalue weighted by molar-refractivity contribution is 5.22. The van der Waals surface area contributed by atoms with Crippen molar-refractivity contribution in [1.82, 2.24) is 0 Å². The van der Waals surface area contributed by atoms with Gasteiger partial charge < -0.3 is 14.2 Å². The van der Waals surface area contributed by atoms with Crippen LogP contribution in [0, 0.1) is 24.2 Å². The minimum Gasteiger partial charge on any atom is -0.375 e. The average molecular weight is 254 g/mol. The SMILES string of the molecule is C#C[C@@]1(OC)[C@H](OC)[C@@H](CC(C)C)O[C@H]1C(C)C. The Hall–Kier alpha value is -0.560. The second-order valence-corrected chi connectivity index (χ2v) is 5.77. The lowest BCUT2D eigenvalue weighted by atomic mass is 9.84. The molecule has 1 aliphatic rings. The first kappa shape index (κ1) is 15.5. The first-order valence-electron chi connectivity index (χ1n) is 6.64. The minimum atomic E-state index is -0.775. The summed E-state index contributed by atoms with van der Waals surface area (Å²) in [5.74, 6) is 3.61. The number of hydrogen-bond acceptors (Lipinski definition) is 3. The maximum absolute atomic E-state index is 6.14. The van der Waals surface area contributed by atoms with Crippen LogP contribution in [0.3, 0.4) is 0 Å². The molecule has 1 rings (SSSR count). The van der Waals surface area contributed by atoms with Gasteiger partial charge in [0.2, 0.25) is 0 Å². The normalized spacial score (nSPS) is 36.3.